The first-order chi connectivity index (χ1) is 15.9. The first-order valence-electron chi connectivity index (χ1n) is 10.8. The molecule has 0 spiro atoms. The topological polar surface area (TPSA) is 92.6 Å². The Labute approximate surface area is 196 Å². The summed E-state index contributed by atoms with van der Waals surface area (Å²) in [5, 5.41) is 20.3. The summed E-state index contributed by atoms with van der Waals surface area (Å²) in [6.07, 6.45) is 1.92. The molecule has 1 saturated heterocycles. The number of Topliss-reactive ketones (excluding diaryl/α,β-unsaturated/α-hetero) is 1. The minimum atomic E-state index is -0.853. The molecule has 170 valence electrons. The average Bonchev–Trinajstić information content (AvgIpc) is 3.35. The van der Waals surface area contributed by atoms with E-state index < -0.39 is 17.7 Å². The molecule has 1 atom stereocenters. The zero-order valence-electron chi connectivity index (χ0n) is 18.7. The van der Waals surface area contributed by atoms with Crippen LogP contribution < -0.4 is 9.64 Å². The minimum absolute atomic E-state index is 0.0161. The number of hydrogen-bond acceptors (Lipinski definition) is 7. The molecule has 0 aliphatic carbocycles. The number of carbonyl (C=O) groups is 2. The van der Waals surface area contributed by atoms with Gasteiger partial charge >= 0.3 is 5.91 Å². The van der Waals surface area contributed by atoms with Gasteiger partial charge in [0.2, 0.25) is 5.13 Å². The number of rotatable bonds is 7. The second-order valence-corrected chi connectivity index (χ2v) is 9.07. The Bertz CT molecular complexity index is 1220. The van der Waals surface area contributed by atoms with E-state index in [1.165, 1.54) is 16.2 Å². The summed E-state index contributed by atoms with van der Waals surface area (Å²) < 4.78 is 5.85. The van der Waals surface area contributed by atoms with Crippen molar-refractivity contribution in [3.63, 3.8) is 0 Å². The molecule has 1 aliphatic heterocycles. The van der Waals surface area contributed by atoms with Crippen LogP contribution in [0.5, 0.6) is 5.75 Å². The maximum atomic E-state index is 13.2. The molecular formula is C25H25N3O4S. The van der Waals surface area contributed by atoms with Gasteiger partial charge in [-0.3, -0.25) is 14.5 Å². The van der Waals surface area contributed by atoms with Crippen LogP contribution in [0.2, 0.25) is 0 Å². The van der Waals surface area contributed by atoms with Crippen molar-refractivity contribution in [1.82, 2.24) is 10.2 Å². The van der Waals surface area contributed by atoms with Crippen LogP contribution in [-0.4, -0.2) is 33.6 Å². The number of amides is 1. The van der Waals surface area contributed by atoms with Crippen LogP contribution in [0.25, 0.3) is 5.76 Å². The lowest BCUT2D eigenvalue weighted by Gasteiger charge is -2.23. The van der Waals surface area contributed by atoms with Crippen molar-refractivity contribution in [3.8, 4) is 5.75 Å². The van der Waals surface area contributed by atoms with Gasteiger partial charge in [-0.25, -0.2) is 0 Å². The molecule has 1 N–H and O–H groups in total. The number of nitrogens with zero attached hydrogens (tertiary/aromatic N) is 3. The van der Waals surface area contributed by atoms with E-state index in [4.69, 9.17) is 4.74 Å². The smallest absolute Gasteiger partial charge is 0.301 e. The summed E-state index contributed by atoms with van der Waals surface area (Å²) >= 11 is 1.22. The first-order valence-corrected chi connectivity index (χ1v) is 11.6. The number of ketones is 1. The largest absolute Gasteiger partial charge is 0.507 e. The van der Waals surface area contributed by atoms with Crippen LogP contribution in [0.15, 0.2) is 54.1 Å². The summed E-state index contributed by atoms with van der Waals surface area (Å²) in [4.78, 5) is 27.6. The number of aliphatic hydroxyl groups excluding tert-OH is 1. The van der Waals surface area contributed by atoms with Gasteiger partial charge in [0.05, 0.1) is 18.2 Å². The predicted octanol–water partition coefficient (Wildman–Crippen LogP) is 4.96. The Morgan fingerprint density at radius 3 is 2.55 bits per heavy atom. The highest BCUT2D eigenvalue weighted by atomic mass is 32.1. The Kier molecular flexibility index (Phi) is 6.55. The van der Waals surface area contributed by atoms with Crippen molar-refractivity contribution < 1.29 is 19.4 Å². The molecule has 1 unspecified atom stereocenters. The lowest BCUT2D eigenvalue weighted by molar-refractivity contribution is -0.132. The van der Waals surface area contributed by atoms with Gasteiger partial charge in [0.1, 0.15) is 16.5 Å². The summed E-state index contributed by atoms with van der Waals surface area (Å²) in [6, 6.07) is 13.6. The molecule has 0 saturated carbocycles. The molecule has 2 heterocycles. The molecule has 0 bridgehead atoms. The normalized spacial score (nSPS) is 17.5. The third-order valence-electron chi connectivity index (χ3n) is 5.43. The zero-order valence-corrected chi connectivity index (χ0v) is 19.6. The van der Waals surface area contributed by atoms with Crippen LogP contribution in [0, 0.1) is 13.8 Å². The van der Waals surface area contributed by atoms with Gasteiger partial charge in [-0.1, -0.05) is 66.6 Å². The van der Waals surface area contributed by atoms with Gasteiger partial charge < -0.3 is 9.84 Å². The molecule has 1 aromatic heterocycles. The second-order valence-electron chi connectivity index (χ2n) is 7.91. The predicted molar refractivity (Wildman–Crippen MR) is 127 cm³/mol. The molecule has 0 radical (unpaired) electrons. The molecule has 33 heavy (non-hydrogen) atoms. The number of ether oxygens (including phenoxy) is 1. The number of anilines is 1. The molecule has 7 nitrogen and oxygen atoms in total. The summed E-state index contributed by atoms with van der Waals surface area (Å²) in [6.45, 7) is 6.37. The van der Waals surface area contributed by atoms with E-state index in [1.807, 2.05) is 37.3 Å². The number of carbonyl (C=O) groups excluding carboxylic acids is 2. The number of benzene rings is 2. The van der Waals surface area contributed by atoms with Crippen LogP contribution in [-0.2, 0) is 9.59 Å². The number of aromatic nitrogens is 2. The van der Waals surface area contributed by atoms with Gasteiger partial charge in [-0.05, 0) is 38.0 Å². The lowest BCUT2D eigenvalue weighted by atomic mass is 9.95. The number of unbranched alkanes of at least 4 members (excludes halogenated alkanes) is 1. The Morgan fingerprint density at radius 2 is 1.88 bits per heavy atom. The van der Waals surface area contributed by atoms with Crippen LogP contribution in [0.4, 0.5) is 5.13 Å². The minimum Gasteiger partial charge on any atom is -0.507 e. The molecule has 2 aromatic carbocycles. The summed E-state index contributed by atoms with van der Waals surface area (Å²) in [5.41, 5.74) is 2.14. The third kappa shape index (κ3) is 4.52. The van der Waals surface area contributed by atoms with Crippen LogP contribution in [0.1, 0.15) is 47.5 Å². The van der Waals surface area contributed by atoms with Crippen molar-refractivity contribution in [2.45, 2.75) is 39.7 Å². The number of hydrogen-bond donors (Lipinski definition) is 1. The van der Waals surface area contributed by atoms with E-state index >= 15 is 0 Å². The van der Waals surface area contributed by atoms with Gasteiger partial charge in [0, 0.05) is 5.56 Å². The highest BCUT2D eigenvalue weighted by Gasteiger charge is 2.48. The molecule has 1 aliphatic rings. The first kappa shape index (κ1) is 22.7. The Hall–Kier alpha value is -3.52. The fourth-order valence-electron chi connectivity index (χ4n) is 3.70. The molecule has 8 heteroatoms. The van der Waals surface area contributed by atoms with Crippen molar-refractivity contribution in [2.75, 3.05) is 11.5 Å². The van der Waals surface area contributed by atoms with E-state index in [-0.39, 0.29) is 11.3 Å². The standard InChI is InChI=1S/C25H25N3O4S/c1-4-5-13-32-19-8-6-7-18(14-19)21-20(22(29)17-11-9-15(2)10-12-17)23(30)24(31)28(21)25-27-26-16(3)33-25/h6-12,14,21,29H,4-5,13H2,1-3H3. The van der Waals surface area contributed by atoms with E-state index in [0.29, 0.717) is 33.6 Å². The highest BCUT2D eigenvalue weighted by molar-refractivity contribution is 7.15. The average molecular weight is 464 g/mol. The highest BCUT2D eigenvalue weighted by Crippen LogP contribution is 2.43. The fourth-order valence-corrected chi connectivity index (χ4v) is 4.42. The number of aryl methyl sites for hydroxylation is 2. The molecule has 4 rings (SSSR count). The molecule has 3 aromatic rings. The van der Waals surface area contributed by atoms with Crippen molar-refractivity contribution in [3.05, 3.63) is 75.8 Å². The van der Waals surface area contributed by atoms with Gasteiger partial charge in [0.25, 0.3) is 5.78 Å². The second kappa shape index (κ2) is 9.54. The maximum Gasteiger partial charge on any atom is 0.301 e. The molecule has 1 amide bonds. The zero-order chi connectivity index (χ0) is 23.5. The number of aliphatic hydroxyl groups is 1. The lowest BCUT2D eigenvalue weighted by Crippen LogP contribution is -2.29. The third-order valence-corrected chi connectivity index (χ3v) is 6.27. The van der Waals surface area contributed by atoms with Gasteiger partial charge in [-0.2, -0.15) is 0 Å². The van der Waals surface area contributed by atoms with Crippen LogP contribution >= 0.6 is 11.3 Å². The monoisotopic (exact) mass is 463 g/mol. The maximum absolute atomic E-state index is 13.2. The molecular weight excluding hydrogens is 438 g/mol. The quantitative estimate of drug-likeness (QED) is 0.230. The summed E-state index contributed by atoms with van der Waals surface area (Å²) in [7, 11) is 0. The van der Waals surface area contributed by atoms with Crippen LogP contribution in [0.3, 0.4) is 0 Å². The van der Waals surface area contributed by atoms with E-state index in [9.17, 15) is 14.7 Å². The fraction of sp³-hybridized carbons (Fsp3) is 0.280. The SMILES string of the molecule is CCCCOc1cccc(C2C(=C(O)c3ccc(C)cc3)C(=O)C(=O)N2c2nnc(C)s2)c1. The van der Waals surface area contributed by atoms with E-state index in [2.05, 4.69) is 17.1 Å². The van der Waals surface area contributed by atoms with E-state index in [1.54, 1.807) is 25.1 Å². The Balaban J connectivity index is 1.86. The molecule has 1 fully saturated rings. The van der Waals surface area contributed by atoms with Gasteiger partial charge in [-0.15, -0.1) is 10.2 Å². The van der Waals surface area contributed by atoms with Gasteiger partial charge in [0.15, 0.2) is 0 Å². The van der Waals surface area contributed by atoms with Crippen molar-refractivity contribution >= 4 is 33.9 Å². The Morgan fingerprint density at radius 1 is 1.12 bits per heavy atom. The van der Waals surface area contributed by atoms with E-state index in [0.717, 1.165) is 18.4 Å². The van der Waals surface area contributed by atoms with Crippen molar-refractivity contribution in [1.29, 1.82) is 0 Å². The summed E-state index contributed by atoms with van der Waals surface area (Å²) in [5.74, 6) is -1.10. The van der Waals surface area contributed by atoms with Crippen molar-refractivity contribution in [2.24, 2.45) is 0 Å².